The zero-order valence-corrected chi connectivity index (χ0v) is 10.9. The van der Waals surface area contributed by atoms with Crippen LogP contribution in [0.1, 0.15) is 6.92 Å². The van der Waals surface area contributed by atoms with Gasteiger partial charge in [0.25, 0.3) is 5.69 Å². The average molecular weight is 270 g/mol. The maximum Gasteiger partial charge on any atom is 0.288 e. The highest BCUT2D eigenvalue weighted by atomic mass is 32.2. The Kier molecular flexibility index (Phi) is 4.07. The van der Waals surface area contributed by atoms with Gasteiger partial charge in [0.05, 0.1) is 4.92 Å². The van der Waals surface area contributed by atoms with Gasteiger partial charge in [-0.25, -0.2) is 8.42 Å². The van der Waals surface area contributed by atoms with Crippen LogP contribution in [0.25, 0.3) is 0 Å². The summed E-state index contributed by atoms with van der Waals surface area (Å²) in [6, 6.07) is 3.83. The van der Waals surface area contributed by atoms with Crippen LogP contribution in [0.15, 0.2) is 35.7 Å². The van der Waals surface area contributed by atoms with Gasteiger partial charge < -0.3 is 5.32 Å². The number of nitro groups is 1. The number of nitrogens with zero attached hydrogens (tertiary/aromatic N) is 1. The van der Waals surface area contributed by atoms with Crippen molar-refractivity contribution >= 4 is 21.2 Å². The standard InChI is InChI=1S/C11H14N2O4S/c1-4-8(2)12-9-5-6-10(13(14)15)11(7-9)18(3,16)17/h4-8,12H,1H2,2-3H3. The normalized spacial score (nSPS) is 12.8. The first-order valence-corrected chi connectivity index (χ1v) is 7.02. The average Bonchev–Trinajstić information content (AvgIpc) is 2.27. The predicted octanol–water partition coefficient (Wildman–Crippen LogP) is 1.98. The van der Waals surface area contributed by atoms with Crippen molar-refractivity contribution in [3.05, 3.63) is 41.0 Å². The molecule has 0 fully saturated rings. The second-order valence-corrected chi connectivity index (χ2v) is 5.86. The second kappa shape index (κ2) is 5.18. The molecule has 0 amide bonds. The lowest BCUT2D eigenvalue weighted by molar-refractivity contribution is -0.387. The quantitative estimate of drug-likeness (QED) is 0.502. The largest absolute Gasteiger partial charge is 0.379 e. The summed E-state index contributed by atoms with van der Waals surface area (Å²) in [5, 5.41) is 13.7. The predicted molar refractivity (Wildman–Crippen MR) is 69.5 cm³/mol. The zero-order chi connectivity index (χ0) is 13.9. The Labute approximate surface area is 105 Å². The van der Waals surface area contributed by atoms with Gasteiger partial charge in [-0.15, -0.1) is 6.58 Å². The van der Waals surface area contributed by atoms with Crippen LogP contribution in [0.3, 0.4) is 0 Å². The number of anilines is 1. The Balaban J connectivity index is 3.31. The lowest BCUT2D eigenvalue weighted by Gasteiger charge is -2.11. The first-order valence-electron chi connectivity index (χ1n) is 5.13. The van der Waals surface area contributed by atoms with Crippen LogP contribution in [0.5, 0.6) is 0 Å². The maximum absolute atomic E-state index is 11.5. The molecule has 1 N–H and O–H groups in total. The Bertz CT molecular complexity index is 581. The monoisotopic (exact) mass is 270 g/mol. The van der Waals surface area contributed by atoms with Crippen molar-refractivity contribution in [2.45, 2.75) is 17.9 Å². The molecule has 0 aliphatic heterocycles. The van der Waals surface area contributed by atoms with Gasteiger partial charge in [0.1, 0.15) is 4.90 Å². The van der Waals surface area contributed by atoms with E-state index in [1.165, 1.54) is 18.2 Å². The molecule has 6 nitrogen and oxygen atoms in total. The molecule has 0 saturated heterocycles. The van der Waals surface area contributed by atoms with Crippen molar-refractivity contribution in [2.24, 2.45) is 0 Å². The minimum Gasteiger partial charge on any atom is -0.379 e. The van der Waals surface area contributed by atoms with Gasteiger partial charge in [-0.1, -0.05) is 6.08 Å². The molecule has 1 atom stereocenters. The molecule has 0 radical (unpaired) electrons. The highest BCUT2D eigenvalue weighted by molar-refractivity contribution is 7.90. The molecule has 0 aliphatic rings. The molecule has 0 saturated carbocycles. The molecule has 1 aromatic carbocycles. The molecule has 7 heteroatoms. The van der Waals surface area contributed by atoms with E-state index in [0.717, 1.165) is 6.26 Å². The van der Waals surface area contributed by atoms with Crippen LogP contribution < -0.4 is 5.32 Å². The van der Waals surface area contributed by atoms with Gasteiger partial charge in [-0.3, -0.25) is 10.1 Å². The van der Waals surface area contributed by atoms with Crippen LogP contribution >= 0.6 is 0 Å². The van der Waals surface area contributed by atoms with E-state index in [0.29, 0.717) is 5.69 Å². The lowest BCUT2D eigenvalue weighted by atomic mass is 10.2. The van der Waals surface area contributed by atoms with Gasteiger partial charge in [0.2, 0.25) is 0 Å². The van der Waals surface area contributed by atoms with E-state index in [4.69, 9.17) is 0 Å². The molecule has 1 rings (SSSR count). The first kappa shape index (κ1) is 14.2. The minimum absolute atomic E-state index is 0.0705. The molecule has 18 heavy (non-hydrogen) atoms. The van der Waals surface area contributed by atoms with E-state index in [-0.39, 0.29) is 10.9 Å². The van der Waals surface area contributed by atoms with Gasteiger partial charge in [-0.2, -0.15) is 0 Å². The number of sulfone groups is 1. The van der Waals surface area contributed by atoms with Crippen molar-refractivity contribution in [3.63, 3.8) is 0 Å². The van der Waals surface area contributed by atoms with Crippen LogP contribution in [0, 0.1) is 10.1 Å². The van der Waals surface area contributed by atoms with Crippen LogP contribution in [0.2, 0.25) is 0 Å². The van der Waals surface area contributed by atoms with E-state index >= 15 is 0 Å². The van der Waals surface area contributed by atoms with Crippen molar-refractivity contribution in [3.8, 4) is 0 Å². The molecule has 0 bridgehead atoms. The third kappa shape index (κ3) is 3.30. The molecule has 1 unspecified atom stereocenters. The fourth-order valence-electron chi connectivity index (χ4n) is 1.37. The van der Waals surface area contributed by atoms with Gasteiger partial charge in [0.15, 0.2) is 9.84 Å². The smallest absolute Gasteiger partial charge is 0.288 e. The number of nitrogens with one attached hydrogen (secondary N) is 1. The number of hydrogen-bond donors (Lipinski definition) is 1. The van der Waals surface area contributed by atoms with E-state index in [1.807, 2.05) is 6.92 Å². The third-order valence-corrected chi connectivity index (χ3v) is 3.43. The molecule has 98 valence electrons. The van der Waals surface area contributed by atoms with Crippen LogP contribution in [-0.2, 0) is 9.84 Å². The Morgan fingerprint density at radius 3 is 2.56 bits per heavy atom. The van der Waals surface area contributed by atoms with Gasteiger partial charge in [0, 0.05) is 24.1 Å². The summed E-state index contributed by atoms with van der Waals surface area (Å²) in [7, 11) is -3.65. The minimum atomic E-state index is -3.65. The Morgan fingerprint density at radius 1 is 1.50 bits per heavy atom. The SMILES string of the molecule is C=CC(C)Nc1ccc([N+](=O)[O-])c(S(C)(=O)=O)c1. The van der Waals surface area contributed by atoms with Crippen molar-refractivity contribution in [1.29, 1.82) is 0 Å². The molecule has 0 aromatic heterocycles. The van der Waals surface area contributed by atoms with E-state index < -0.39 is 20.4 Å². The fourth-order valence-corrected chi connectivity index (χ4v) is 2.24. The topological polar surface area (TPSA) is 89.3 Å². The summed E-state index contributed by atoms with van der Waals surface area (Å²) < 4.78 is 23.0. The molecule has 0 spiro atoms. The highest BCUT2D eigenvalue weighted by Gasteiger charge is 2.22. The number of hydrogen-bond acceptors (Lipinski definition) is 5. The van der Waals surface area contributed by atoms with E-state index in [2.05, 4.69) is 11.9 Å². The van der Waals surface area contributed by atoms with E-state index in [1.54, 1.807) is 6.08 Å². The fraction of sp³-hybridized carbons (Fsp3) is 0.273. The summed E-state index contributed by atoms with van der Waals surface area (Å²) in [6.45, 7) is 5.41. The first-order chi connectivity index (χ1) is 8.25. The van der Waals surface area contributed by atoms with Gasteiger partial charge >= 0.3 is 0 Å². The lowest BCUT2D eigenvalue weighted by Crippen LogP contribution is -2.12. The second-order valence-electron chi connectivity index (χ2n) is 3.88. The molecule has 0 aliphatic carbocycles. The highest BCUT2D eigenvalue weighted by Crippen LogP contribution is 2.27. The number of rotatable bonds is 5. The Morgan fingerprint density at radius 2 is 2.11 bits per heavy atom. The number of benzene rings is 1. The summed E-state index contributed by atoms with van der Waals surface area (Å²) >= 11 is 0. The van der Waals surface area contributed by atoms with Crippen LogP contribution in [0.4, 0.5) is 11.4 Å². The zero-order valence-electron chi connectivity index (χ0n) is 10.1. The van der Waals surface area contributed by atoms with Crippen molar-refractivity contribution in [2.75, 3.05) is 11.6 Å². The molecule has 0 heterocycles. The maximum atomic E-state index is 11.5. The number of nitro benzene ring substituents is 1. The summed E-state index contributed by atoms with van der Waals surface area (Å²) in [5.41, 5.74) is 0.0720. The summed E-state index contributed by atoms with van der Waals surface area (Å²) in [6.07, 6.45) is 2.58. The molecule has 1 aromatic rings. The molecular weight excluding hydrogens is 256 g/mol. The van der Waals surface area contributed by atoms with E-state index in [9.17, 15) is 18.5 Å². The third-order valence-electron chi connectivity index (χ3n) is 2.30. The summed E-state index contributed by atoms with van der Waals surface area (Å²) in [5.74, 6) is 0. The Hall–Kier alpha value is -1.89. The molecular formula is C11H14N2O4S. The van der Waals surface area contributed by atoms with Crippen molar-refractivity contribution < 1.29 is 13.3 Å². The van der Waals surface area contributed by atoms with Crippen molar-refractivity contribution in [1.82, 2.24) is 0 Å². The van der Waals surface area contributed by atoms with Crippen LogP contribution in [-0.4, -0.2) is 25.6 Å². The summed E-state index contributed by atoms with van der Waals surface area (Å²) in [4.78, 5) is 9.75. The van der Waals surface area contributed by atoms with Gasteiger partial charge in [-0.05, 0) is 19.1 Å².